The van der Waals surface area contributed by atoms with E-state index < -0.39 is 23.2 Å². The van der Waals surface area contributed by atoms with Crippen LogP contribution in [0.5, 0.6) is 0 Å². The van der Waals surface area contributed by atoms with E-state index in [4.69, 9.17) is 10.1 Å². The van der Waals surface area contributed by atoms with Crippen LogP contribution in [-0.2, 0) is 10.9 Å². The summed E-state index contributed by atoms with van der Waals surface area (Å²) < 4.78 is 44.0. The molecule has 0 unspecified atom stereocenters. The summed E-state index contributed by atoms with van der Waals surface area (Å²) in [5.74, 6) is -0.167. The van der Waals surface area contributed by atoms with Crippen LogP contribution in [0.1, 0.15) is 42.6 Å². The van der Waals surface area contributed by atoms with Crippen LogP contribution in [0.15, 0.2) is 58.8 Å². The topological polar surface area (TPSA) is 108 Å². The van der Waals surface area contributed by atoms with Gasteiger partial charge in [-0.25, -0.2) is 0 Å². The summed E-state index contributed by atoms with van der Waals surface area (Å²) in [6.07, 6.45) is 4.79. The molecule has 0 spiro atoms. The van der Waals surface area contributed by atoms with Gasteiger partial charge in [0.1, 0.15) is 5.76 Å². The zero-order valence-electron chi connectivity index (χ0n) is 18.4. The molecule has 1 aromatic heterocycles. The first-order valence-corrected chi connectivity index (χ1v) is 10.2. The maximum Gasteiger partial charge on any atom is 0.417 e. The van der Waals surface area contributed by atoms with Crippen molar-refractivity contribution in [2.75, 3.05) is 7.11 Å². The van der Waals surface area contributed by atoms with Crippen LogP contribution in [0.2, 0.25) is 0 Å². The Labute approximate surface area is 189 Å². The van der Waals surface area contributed by atoms with Gasteiger partial charge in [0.2, 0.25) is 0 Å². The van der Waals surface area contributed by atoms with E-state index in [2.05, 4.69) is 15.3 Å². The average Bonchev–Trinajstić information content (AvgIpc) is 2.69. The normalized spacial score (nSPS) is 22.6. The Morgan fingerprint density at radius 3 is 2.61 bits per heavy atom. The third kappa shape index (κ3) is 5.95. The van der Waals surface area contributed by atoms with E-state index in [1.807, 2.05) is 0 Å². The monoisotopic (exact) mass is 462 g/mol. The Morgan fingerprint density at radius 1 is 1.30 bits per heavy atom. The third-order valence-corrected chi connectivity index (χ3v) is 5.63. The summed E-state index contributed by atoms with van der Waals surface area (Å²) in [4.78, 5) is 20.3. The number of ether oxygens (including phenoxy) is 1. The molecule has 0 saturated heterocycles. The predicted molar refractivity (Wildman–Crippen MR) is 117 cm³/mol. The van der Waals surface area contributed by atoms with Gasteiger partial charge >= 0.3 is 6.18 Å². The largest absolute Gasteiger partial charge is 0.494 e. The first-order chi connectivity index (χ1) is 15.4. The van der Waals surface area contributed by atoms with Gasteiger partial charge in [-0.15, -0.1) is 0 Å². The summed E-state index contributed by atoms with van der Waals surface area (Å²) in [5, 5.41) is 20.7. The summed E-state index contributed by atoms with van der Waals surface area (Å²) in [5.41, 5.74) is -1.34. The third-order valence-electron chi connectivity index (χ3n) is 5.63. The number of methoxy groups -OCH3 is 1. The van der Waals surface area contributed by atoms with E-state index in [9.17, 15) is 23.1 Å². The number of carbonyl (C=O) groups excluding carboxylic acids is 1. The SMILES string of the molecule is COC1=CC(=N)/C(=C\N=CC2CC(C(C)(C)O)C2)C=C1NC(=O)c1cncc(C(F)(F)F)c1. The number of nitrogens with one attached hydrogen (secondary N) is 2. The summed E-state index contributed by atoms with van der Waals surface area (Å²) in [6, 6.07) is 0.713. The van der Waals surface area contributed by atoms with Gasteiger partial charge in [-0.2, -0.15) is 13.2 Å². The minimum Gasteiger partial charge on any atom is -0.494 e. The molecule has 2 aliphatic carbocycles. The average molecular weight is 462 g/mol. The number of pyridine rings is 1. The lowest BCUT2D eigenvalue weighted by atomic mass is 9.68. The van der Waals surface area contributed by atoms with Crippen LogP contribution in [0.4, 0.5) is 13.2 Å². The van der Waals surface area contributed by atoms with Crippen LogP contribution in [0.3, 0.4) is 0 Å². The van der Waals surface area contributed by atoms with Crippen LogP contribution < -0.4 is 5.32 Å². The Hall–Kier alpha value is -3.27. The smallest absolute Gasteiger partial charge is 0.417 e. The van der Waals surface area contributed by atoms with Gasteiger partial charge in [0.25, 0.3) is 5.91 Å². The van der Waals surface area contributed by atoms with Crippen molar-refractivity contribution in [3.8, 4) is 0 Å². The fraction of sp³-hybridized carbons (Fsp3) is 0.391. The lowest BCUT2D eigenvalue weighted by Gasteiger charge is -2.40. The summed E-state index contributed by atoms with van der Waals surface area (Å²) in [6.45, 7) is 3.57. The molecule has 0 bridgehead atoms. The Morgan fingerprint density at radius 2 is 2.00 bits per heavy atom. The highest BCUT2D eigenvalue weighted by Crippen LogP contribution is 2.39. The lowest BCUT2D eigenvalue weighted by Crippen LogP contribution is -2.40. The fourth-order valence-electron chi connectivity index (χ4n) is 3.49. The molecule has 7 nitrogen and oxygen atoms in total. The Bertz CT molecular complexity index is 1060. The molecule has 3 rings (SSSR count). The molecular formula is C23H25F3N4O3. The highest BCUT2D eigenvalue weighted by Gasteiger charge is 2.37. The zero-order chi connectivity index (χ0) is 24.4. The van der Waals surface area contributed by atoms with Crippen molar-refractivity contribution >= 4 is 17.8 Å². The number of halogens is 3. The van der Waals surface area contributed by atoms with Crippen molar-refractivity contribution < 1.29 is 27.8 Å². The Balaban J connectivity index is 1.74. The second-order valence-electron chi connectivity index (χ2n) is 8.56. The molecule has 0 radical (unpaired) electrons. The number of carbonyl (C=O) groups is 1. The van der Waals surface area contributed by atoms with E-state index in [0.717, 1.165) is 19.0 Å². The first-order valence-electron chi connectivity index (χ1n) is 10.2. The van der Waals surface area contributed by atoms with E-state index in [0.29, 0.717) is 17.8 Å². The number of rotatable bonds is 6. The number of amides is 1. The van der Waals surface area contributed by atoms with Crippen molar-refractivity contribution in [2.45, 2.75) is 38.5 Å². The highest BCUT2D eigenvalue weighted by molar-refractivity contribution is 6.10. The molecule has 33 heavy (non-hydrogen) atoms. The summed E-state index contributed by atoms with van der Waals surface area (Å²) >= 11 is 0. The van der Waals surface area contributed by atoms with E-state index in [-0.39, 0.29) is 34.6 Å². The summed E-state index contributed by atoms with van der Waals surface area (Å²) in [7, 11) is 1.35. The molecule has 1 fully saturated rings. The van der Waals surface area contributed by atoms with Crippen molar-refractivity contribution in [1.82, 2.24) is 10.3 Å². The molecule has 2 aliphatic rings. The molecule has 1 heterocycles. The molecule has 1 saturated carbocycles. The minimum absolute atomic E-state index is 0.103. The second-order valence-corrected chi connectivity index (χ2v) is 8.56. The van der Waals surface area contributed by atoms with Crippen LogP contribution in [0, 0.1) is 17.2 Å². The minimum atomic E-state index is -4.62. The molecule has 10 heteroatoms. The molecule has 0 atom stereocenters. The van der Waals surface area contributed by atoms with Gasteiger partial charge in [0.05, 0.1) is 35.2 Å². The van der Waals surface area contributed by atoms with E-state index in [1.165, 1.54) is 25.5 Å². The van der Waals surface area contributed by atoms with Gasteiger partial charge in [0.15, 0.2) is 0 Å². The Kier molecular flexibility index (Phi) is 6.87. The van der Waals surface area contributed by atoms with E-state index in [1.54, 1.807) is 20.1 Å². The molecule has 0 aliphatic heterocycles. The maximum atomic E-state index is 12.9. The van der Waals surface area contributed by atoms with Crippen molar-refractivity contribution in [1.29, 1.82) is 5.41 Å². The molecule has 3 N–H and O–H groups in total. The molecule has 1 amide bonds. The highest BCUT2D eigenvalue weighted by atomic mass is 19.4. The van der Waals surface area contributed by atoms with Gasteiger partial charge < -0.3 is 20.6 Å². The number of allylic oxidation sites excluding steroid dienone is 3. The fourth-order valence-corrected chi connectivity index (χ4v) is 3.49. The van der Waals surface area contributed by atoms with Gasteiger partial charge in [-0.3, -0.25) is 14.8 Å². The zero-order valence-corrected chi connectivity index (χ0v) is 18.4. The first kappa shape index (κ1) is 24.4. The van der Waals surface area contributed by atoms with Gasteiger partial charge in [-0.1, -0.05) is 0 Å². The van der Waals surface area contributed by atoms with Gasteiger partial charge in [0, 0.05) is 36.5 Å². The van der Waals surface area contributed by atoms with Crippen LogP contribution in [0.25, 0.3) is 0 Å². The molecule has 176 valence electrons. The number of aliphatic imine (C=N–C) groups is 1. The quantitative estimate of drug-likeness (QED) is 0.555. The van der Waals surface area contributed by atoms with E-state index >= 15 is 0 Å². The number of hydrogen-bond donors (Lipinski definition) is 3. The number of alkyl halides is 3. The maximum absolute atomic E-state index is 12.9. The molecular weight excluding hydrogens is 437 g/mol. The lowest BCUT2D eigenvalue weighted by molar-refractivity contribution is -0.137. The van der Waals surface area contributed by atoms with Crippen LogP contribution in [-0.4, -0.2) is 40.6 Å². The number of aromatic nitrogens is 1. The van der Waals surface area contributed by atoms with Gasteiger partial charge in [-0.05, 0) is 50.7 Å². The molecule has 1 aromatic rings. The van der Waals surface area contributed by atoms with Crippen molar-refractivity contribution in [3.05, 3.63) is 65.0 Å². The number of hydrogen-bond acceptors (Lipinski definition) is 6. The number of aliphatic hydroxyl groups is 1. The molecule has 0 aromatic carbocycles. The van der Waals surface area contributed by atoms with Crippen molar-refractivity contribution in [2.24, 2.45) is 16.8 Å². The van der Waals surface area contributed by atoms with Crippen LogP contribution >= 0.6 is 0 Å². The second kappa shape index (κ2) is 9.30. The predicted octanol–water partition coefficient (Wildman–Crippen LogP) is 4.03. The number of nitrogens with zero attached hydrogens (tertiary/aromatic N) is 2. The standard InChI is InChI=1S/C23H25F3N4O3/c1-22(2,32)16-4-13(5-16)9-28-10-14-7-19(20(33-3)8-18(14)27)30-21(31)15-6-17(12-29-11-15)23(24,25)26/h6-13,16,27,32H,4-5H2,1-3H3,(H,30,31)/b14-10-,27-18?,28-9?. The van der Waals surface area contributed by atoms with Crippen molar-refractivity contribution in [3.63, 3.8) is 0 Å².